The maximum absolute atomic E-state index is 12.7. The lowest BCUT2D eigenvalue weighted by Crippen LogP contribution is -2.15. The van der Waals surface area contributed by atoms with Gasteiger partial charge in [-0.25, -0.2) is 4.79 Å². The fourth-order valence-electron chi connectivity index (χ4n) is 2.85. The number of unbranched alkanes of at least 4 members (excludes halogenated alkanes) is 1. The van der Waals surface area contributed by atoms with Crippen molar-refractivity contribution in [3.8, 4) is 5.75 Å². The molecule has 1 heterocycles. The fourth-order valence-corrected chi connectivity index (χ4v) is 2.85. The quantitative estimate of drug-likeness (QED) is 0.435. The average molecular weight is 380 g/mol. The van der Waals surface area contributed by atoms with Crippen LogP contribution in [-0.4, -0.2) is 30.1 Å². The minimum absolute atomic E-state index is 0.232. The predicted molar refractivity (Wildman–Crippen MR) is 109 cm³/mol. The summed E-state index contributed by atoms with van der Waals surface area (Å²) in [7, 11) is 0. The van der Waals surface area contributed by atoms with Crippen LogP contribution in [0.2, 0.25) is 0 Å². The van der Waals surface area contributed by atoms with Crippen molar-refractivity contribution in [2.45, 2.75) is 26.7 Å². The van der Waals surface area contributed by atoms with Crippen molar-refractivity contribution >= 4 is 28.5 Å². The zero-order valence-electron chi connectivity index (χ0n) is 16.1. The van der Waals surface area contributed by atoms with Crippen LogP contribution in [0.25, 0.3) is 10.9 Å². The fraction of sp³-hybridized carbons (Fsp3) is 0.273. The second-order valence-electron chi connectivity index (χ2n) is 6.32. The molecular weight excluding hydrogens is 356 g/mol. The number of hydrogen-bond donors (Lipinski definition) is 2. The van der Waals surface area contributed by atoms with Crippen molar-refractivity contribution in [1.82, 2.24) is 4.98 Å². The predicted octanol–water partition coefficient (Wildman–Crippen LogP) is 4.78. The number of ether oxygens (including phenoxy) is 2. The number of amides is 1. The highest BCUT2D eigenvalue weighted by atomic mass is 16.5. The van der Waals surface area contributed by atoms with E-state index >= 15 is 0 Å². The number of fused-ring (bicyclic) bond motifs is 1. The van der Waals surface area contributed by atoms with Crippen LogP contribution in [0.3, 0.4) is 0 Å². The first kappa shape index (κ1) is 19.5. The number of benzene rings is 2. The summed E-state index contributed by atoms with van der Waals surface area (Å²) < 4.78 is 10.7. The zero-order chi connectivity index (χ0) is 19.9. The van der Waals surface area contributed by atoms with E-state index in [0.29, 0.717) is 17.9 Å². The Morgan fingerprint density at radius 1 is 1.04 bits per heavy atom. The molecule has 3 aromatic rings. The maximum atomic E-state index is 12.7. The second kappa shape index (κ2) is 9.08. The van der Waals surface area contributed by atoms with E-state index in [-0.39, 0.29) is 18.2 Å². The molecule has 0 aliphatic heterocycles. The van der Waals surface area contributed by atoms with Crippen molar-refractivity contribution in [1.29, 1.82) is 0 Å². The molecule has 146 valence electrons. The number of nitrogens with one attached hydrogen (secondary N) is 2. The third-order valence-corrected chi connectivity index (χ3v) is 4.31. The molecule has 28 heavy (non-hydrogen) atoms. The number of rotatable bonds is 8. The van der Waals surface area contributed by atoms with Gasteiger partial charge in [0, 0.05) is 16.5 Å². The largest absolute Gasteiger partial charge is 0.494 e. The van der Waals surface area contributed by atoms with Gasteiger partial charge < -0.3 is 19.8 Å². The number of carbonyl (C=O) groups is 2. The van der Waals surface area contributed by atoms with Gasteiger partial charge in [0.2, 0.25) is 0 Å². The van der Waals surface area contributed by atoms with Gasteiger partial charge in [0.15, 0.2) is 0 Å². The van der Waals surface area contributed by atoms with Gasteiger partial charge in [-0.2, -0.15) is 0 Å². The monoisotopic (exact) mass is 380 g/mol. The van der Waals surface area contributed by atoms with Gasteiger partial charge in [-0.15, -0.1) is 0 Å². The molecule has 1 aromatic heterocycles. The first-order valence-corrected chi connectivity index (χ1v) is 9.46. The number of esters is 1. The first-order valence-electron chi connectivity index (χ1n) is 9.46. The molecule has 1 amide bonds. The number of carbonyl (C=O) groups excluding carboxylic acids is 2. The van der Waals surface area contributed by atoms with Gasteiger partial charge in [0.25, 0.3) is 5.91 Å². The lowest BCUT2D eigenvalue weighted by Gasteiger charge is -2.09. The Morgan fingerprint density at radius 3 is 2.50 bits per heavy atom. The molecule has 0 saturated carbocycles. The molecule has 6 heteroatoms. The minimum Gasteiger partial charge on any atom is -0.494 e. The van der Waals surface area contributed by atoms with E-state index in [0.717, 1.165) is 29.5 Å². The third kappa shape index (κ3) is 4.34. The molecule has 0 aliphatic rings. The summed E-state index contributed by atoms with van der Waals surface area (Å²) >= 11 is 0. The second-order valence-corrected chi connectivity index (χ2v) is 6.32. The van der Waals surface area contributed by atoms with Crippen LogP contribution < -0.4 is 10.1 Å². The summed E-state index contributed by atoms with van der Waals surface area (Å²) in [5.74, 6) is -0.0895. The number of H-pyrrole nitrogens is 1. The standard InChI is InChI=1S/C22H24N2O4/c1-3-5-14-28-16-12-10-15(11-13-16)21(25)24-19-17-8-6-7-9-18(17)23-20(19)22(26)27-4-2/h6-13,23H,3-5,14H2,1-2H3,(H,24,25). The van der Waals surface area contributed by atoms with E-state index in [2.05, 4.69) is 17.2 Å². The molecule has 2 N–H and O–H groups in total. The van der Waals surface area contributed by atoms with Gasteiger partial charge in [0.05, 0.1) is 18.9 Å². The summed E-state index contributed by atoms with van der Waals surface area (Å²) in [5, 5.41) is 3.60. The number of hydrogen-bond acceptors (Lipinski definition) is 4. The molecular formula is C22H24N2O4. The van der Waals surface area contributed by atoms with Crippen LogP contribution in [0.1, 0.15) is 47.5 Å². The van der Waals surface area contributed by atoms with Crippen LogP contribution in [0.5, 0.6) is 5.75 Å². The van der Waals surface area contributed by atoms with Crippen molar-refractivity contribution in [2.75, 3.05) is 18.5 Å². The molecule has 0 unspecified atom stereocenters. The Morgan fingerprint density at radius 2 is 1.79 bits per heavy atom. The van der Waals surface area contributed by atoms with Crippen LogP contribution in [0.4, 0.5) is 5.69 Å². The van der Waals surface area contributed by atoms with Crippen LogP contribution >= 0.6 is 0 Å². The molecule has 6 nitrogen and oxygen atoms in total. The summed E-state index contributed by atoms with van der Waals surface area (Å²) in [4.78, 5) is 28.1. The Balaban J connectivity index is 1.82. The van der Waals surface area contributed by atoms with Crippen LogP contribution in [0, 0.1) is 0 Å². The van der Waals surface area contributed by atoms with E-state index in [1.807, 2.05) is 24.3 Å². The minimum atomic E-state index is -0.506. The first-order chi connectivity index (χ1) is 13.6. The molecule has 0 atom stereocenters. The van der Waals surface area contributed by atoms with Crippen molar-refractivity contribution in [2.24, 2.45) is 0 Å². The number of anilines is 1. The van der Waals surface area contributed by atoms with Crippen LogP contribution in [-0.2, 0) is 4.74 Å². The normalized spacial score (nSPS) is 10.6. The van der Waals surface area contributed by atoms with Gasteiger partial charge >= 0.3 is 5.97 Å². The SMILES string of the molecule is CCCCOc1ccc(C(=O)Nc2c(C(=O)OCC)[nH]c3ccccc23)cc1. The van der Waals surface area contributed by atoms with E-state index in [1.165, 1.54) is 0 Å². The molecule has 0 spiro atoms. The van der Waals surface area contributed by atoms with E-state index in [4.69, 9.17) is 9.47 Å². The van der Waals surface area contributed by atoms with Gasteiger partial charge in [0.1, 0.15) is 11.4 Å². The Labute approximate surface area is 163 Å². The highest BCUT2D eigenvalue weighted by Crippen LogP contribution is 2.29. The van der Waals surface area contributed by atoms with Crippen molar-refractivity contribution in [3.05, 3.63) is 59.8 Å². The Bertz CT molecular complexity index is 960. The number of aromatic nitrogens is 1. The van der Waals surface area contributed by atoms with E-state index in [9.17, 15) is 9.59 Å². The Hall–Kier alpha value is -3.28. The molecule has 0 radical (unpaired) electrons. The zero-order valence-corrected chi connectivity index (χ0v) is 16.1. The van der Waals surface area contributed by atoms with Crippen molar-refractivity contribution < 1.29 is 19.1 Å². The highest BCUT2D eigenvalue weighted by molar-refractivity contribution is 6.14. The molecule has 0 fully saturated rings. The molecule has 0 saturated heterocycles. The summed E-state index contributed by atoms with van der Waals surface area (Å²) in [6, 6.07) is 14.3. The Kier molecular flexibility index (Phi) is 6.32. The molecule has 0 aliphatic carbocycles. The maximum Gasteiger partial charge on any atom is 0.356 e. The third-order valence-electron chi connectivity index (χ3n) is 4.31. The van der Waals surface area contributed by atoms with Gasteiger partial charge in [-0.1, -0.05) is 31.5 Å². The smallest absolute Gasteiger partial charge is 0.356 e. The van der Waals surface area contributed by atoms with Crippen molar-refractivity contribution in [3.63, 3.8) is 0 Å². The van der Waals surface area contributed by atoms with Gasteiger partial charge in [-0.3, -0.25) is 4.79 Å². The summed E-state index contributed by atoms with van der Waals surface area (Å²) in [6.45, 7) is 4.75. The molecule has 2 aromatic carbocycles. The average Bonchev–Trinajstić information content (AvgIpc) is 3.07. The lowest BCUT2D eigenvalue weighted by atomic mass is 10.1. The highest BCUT2D eigenvalue weighted by Gasteiger charge is 2.21. The number of para-hydroxylation sites is 1. The van der Waals surface area contributed by atoms with Gasteiger partial charge in [-0.05, 0) is 43.7 Å². The summed E-state index contributed by atoms with van der Waals surface area (Å²) in [6.07, 6.45) is 2.05. The molecule has 3 rings (SSSR count). The number of aromatic amines is 1. The van der Waals surface area contributed by atoms with E-state index in [1.54, 1.807) is 31.2 Å². The lowest BCUT2D eigenvalue weighted by molar-refractivity contribution is 0.0522. The topological polar surface area (TPSA) is 80.4 Å². The molecule has 0 bridgehead atoms. The van der Waals surface area contributed by atoms with E-state index < -0.39 is 5.97 Å². The summed E-state index contributed by atoms with van der Waals surface area (Å²) in [5.41, 5.74) is 1.88. The van der Waals surface area contributed by atoms with Crippen LogP contribution in [0.15, 0.2) is 48.5 Å².